The summed E-state index contributed by atoms with van der Waals surface area (Å²) in [5, 5.41) is 3.27. The first-order valence-corrected chi connectivity index (χ1v) is 9.54. The number of carbonyl (C=O) groups excluding carboxylic acids is 1. The maximum atomic E-state index is 12.0. The predicted octanol–water partition coefficient (Wildman–Crippen LogP) is 4.42. The number of halogens is 1. The highest BCUT2D eigenvalue weighted by molar-refractivity contribution is 6.33. The van der Waals surface area contributed by atoms with Crippen LogP contribution in [0, 0.1) is 0 Å². The van der Waals surface area contributed by atoms with E-state index in [2.05, 4.69) is 25.3 Å². The number of anilines is 1. The lowest BCUT2D eigenvalue weighted by atomic mass is 10.1. The van der Waals surface area contributed by atoms with Gasteiger partial charge in [0.15, 0.2) is 17.3 Å². The molecule has 152 valence electrons. The van der Waals surface area contributed by atoms with Crippen LogP contribution in [0.3, 0.4) is 0 Å². The zero-order chi connectivity index (χ0) is 20.9. The molecule has 0 bridgehead atoms. The molecule has 30 heavy (non-hydrogen) atoms. The van der Waals surface area contributed by atoms with Gasteiger partial charge in [-0.15, -0.1) is 0 Å². The molecule has 0 radical (unpaired) electrons. The van der Waals surface area contributed by atoms with Crippen LogP contribution in [0.1, 0.15) is 6.42 Å². The third-order valence-electron chi connectivity index (χ3n) is 4.28. The number of carbonyl (C=O) groups is 1. The summed E-state index contributed by atoms with van der Waals surface area (Å²) in [4.78, 5) is 28.1. The van der Waals surface area contributed by atoms with Crippen LogP contribution in [0.4, 0.5) is 5.82 Å². The number of amides is 1. The van der Waals surface area contributed by atoms with Crippen molar-refractivity contribution in [2.75, 3.05) is 19.0 Å². The third kappa shape index (κ3) is 4.24. The number of aromatic amines is 1. The van der Waals surface area contributed by atoms with Crippen molar-refractivity contribution in [1.29, 1.82) is 0 Å². The highest BCUT2D eigenvalue weighted by Crippen LogP contribution is 2.37. The van der Waals surface area contributed by atoms with Crippen molar-refractivity contribution in [3.05, 3.63) is 60.0 Å². The summed E-state index contributed by atoms with van der Waals surface area (Å²) in [6.07, 6.45) is 5.16. The number of nitrogens with zero attached hydrogens (tertiary/aromatic N) is 3. The lowest BCUT2D eigenvalue weighted by Crippen LogP contribution is -2.14. The summed E-state index contributed by atoms with van der Waals surface area (Å²) >= 11 is 6.39. The lowest BCUT2D eigenvalue weighted by molar-refractivity contribution is -0.117. The zero-order valence-electron chi connectivity index (χ0n) is 16.1. The monoisotopic (exact) mass is 423 g/mol. The van der Waals surface area contributed by atoms with Crippen molar-refractivity contribution in [2.24, 2.45) is 0 Å². The van der Waals surface area contributed by atoms with Crippen molar-refractivity contribution >= 4 is 23.3 Å². The number of hydrogen-bond donors (Lipinski definition) is 2. The first-order chi connectivity index (χ1) is 14.7. The molecule has 0 atom stereocenters. The lowest BCUT2D eigenvalue weighted by Gasteiger charge is -2.05. The second kappa shape index (κ2) is 8.89. The maximum Gasteiger partial charge on any atom is 0.227 e. The predicted molar refractivity (Wildman–Crippen MR) is 113 cm³/mol. The molecule has 4 rings (SSSR count). The molecule has 1 aromatic carbocycles. The Kier molecular flexibility index (Phi) is 5.87. The second-order valence-corrected chi connectivity index (χ2v) is 6.74. The number of ether oxygens (including phenoxy) is 1. The van der Waals surface area contributed by atoms with Crippen LogP contribution >= 0.6 is 11.6 Å². The molecule has 8 nitrogen and oxygen atoms in total. The fraction of sp³-hybridized carbons (Fsp3) is 0.143. The number of imidazole rings is 1. The van der Waals surface area contributed by atoms with E-state index in [9.17, 15) is 4.79 Å². The molecule has 0 aliphatic carbocycles. The normalized spacial score (nSPS) is 10.9. The molecule has 0 aliphatic rings. The Morgan fingerprint density at radius 3 is 2.87 bits per heavy atom. The van der Waals surface area contributed by atoms with Crippen LogP contribution in [0.2, 0.25) is 5.02 Å². The molecule has 9 heteroatoms. The van der Waals surface area contributed by atoms with E-state index in [1.54, 1.807) is 43.9 Å². The van der Waals surface area contributed by atoms with Gasteiger partial charge >= 0.3 is 0 Å². The van der Waals surface area contributed by atoms with Gasteiger partial charge in [0.25, 0.3) is 0 Å². The van der Waals surface area contributed by atoms with Gasteiger partial charge in [0.05, 0.1) is 18.1 Å². The van der Waals surface area contributed by atoms with Crippen LogP contribution in [0.15, 0.2) is 59.4 Å². The van der Waals surface area contributed by atoms with Gasteiger partial charge in [-0.25, -0.2) is 15.0 Å². The first kappa shape index (κ1) is 19.8. The summed E-state index contributed by atoms with van der Waals surface area (Å²) in [7, 11) is 1.54. The van der Waals surface area contributed by atoms with Gasteiger partial charge in [0.2, 0.25) is 11.8 Å². The molecule has 0 saturated carbocycles. The van der Waals surface area contributed by atoms with E-state index in [0.717, 1.165) is 0 Å². The topological polar surface area (TPSA) is 106 Å². The highest BCUT2D eigenvalue weighted by atomic mass is 35.5. The van der Waals surface area contributed by atoms with Crippen LogP contribution < -0.4 is 5.32 Å². The van der Waals surface area contributed by atoms with E-state index in [4.69, 9.17) is 20.8 Å². The van der Waals surface area contributed by atoms with Gasteiger partial charge in [-0.2, -0.15) is 0 Å². The fourth-order valence-electron chi connectivity index (χ4n) is 2.86. The van der Waals surface area contributed by atoms with Crippen LogP contribution in [0.5, 0.6) is 0 Å². The maximum absolute atomic E-state index is 12.0. The van der Waals surface area contributed by atoms with Crippen molar-refractivity contribution in [1.82, 2.24) is 19.9 Å². The molecule has 4 aromatic rings. The van der Waals surface area contributed by atoms with Gasteiger partial charge in [0.1, 0.15) is 5.82 Å². The van der Waals surface area contributed by atoms with Gasteiger partial charge in [0, 0.05) is 36.8 Å². The first-order valence-electron chi connectivity index (χ1n) is 9.16. The Labute approximate surface area is 177 Å². The minimum Gasteiger partial charge on any atom is -0.435 e. The molecule has 1 amide bonds. The van der Waals surface area contributed by atoms with Crippen molar-refractivity contribution < 1.29 is 13.9 Å². The Morgan fingerprint density at radius 1 is 1.23 bits per heavy atom. The van der Waals surface area contributed by atoms with E-state index < -0.39 is 0 Å². The minimum atomic E-state index is -0.193. The molecular weight excluding hydrogens is 406 g/mol. The standard InChI is InChI=1S/C21H18ClN5O3/c1-29-11-7-17(28)26-16-12-13(6-8-23-16)21-27-18(20-24-9-10-25-20)19(30-21)14-4-2-3-5-15(14)22/h2-6,8-10,12H,7,11H2,1H3,(H,24,25)(H,23,26,28). The number of hydrogen-bond acceptors (Lipinski definition) is 6. The molecule has 0 spiro atoms. The van der Waals surface area contributed by atoms with Crippen molar-refractivity contribution in [2.45, 2.75) is 6.42 Å². The summed E-state index contributed by atoms with van der Waals surface area (Å²) in [6.45, 7) is 0.332. The molecular formula is C21H18ClN5O3. The van der Waals surface area contributed by atoms with E-state index in [1.165, 1.54) is 0 Å². The number of pyridine rings is 1. The third-order valence-corrected chi connectivity index (χ3v) is 4.61. The summed E-state index contributed by atoms with van der Waals surface area (Å²) in [6, 6.07) is 10.8. The van der Waals surface area contributed by atoms with Gasteiger partial charge in [-0.05, 0) is 24.3 Å². The summed E-state index contributed by atoms with van der Waals surface area (Å²) in [5.41, 5.74) is 1.88. The number of oxazole rings is 1. The van der Waals surface area contributed by atoms with E-state index >= 15 is 0 Å². The number of H-pyrrole nitrogens is 1. The molecule has 2 N–H and O–H groups in total. The largest absolute Gasteiger partial charge is 0.435 e. The van der Waals surface area contributed by atoms with Crippen LogP contribution in [0.25, 0.3) is 34.3 Å². The molecule has 3 heterocycles. The Bertz CT molecular complexity index is 1160. The molecule has 3 aromatic heterocycles. The van der Waals surface area contributed by atoms with Crippen molar-refractivity contribution in [3.8, 4) is 34.3 Å². The van der Waals surface area contributed by atoms with Gasteiger partial charge in [-0.3, -0.25) is 4.79 Å². The average molecular weight is 424 g/mol. The number of methoxy groups -OCH3 is 1. The molecule has 0 unspecified atom stereocenters. The second-order valence-electron chi connectivity index (χ2n) is 6.34. The Morgan fingerprint density at radius 2 is 2.10 bits per heavy atom. The molecule has 0 fully saturated rings. The van der Waals surface area contributed by atoms with Crippen LogP contribution in [-0.4, -0.2) is 39.6 Å². The van der Waals surface area contributed by atoms with Crippen LogP contribution in [-0.2, 0) is 9.53 Å². The number of rotatable bonds is 7. The Hall–Kier alpha value is -3.49. The van der Waals surface area contributed by atoms with Gasteiger partial charge < -0.3 is 19.5 Å². The number of benzene rings is 1. The quantitative estimate of drug-likeness (QED) is 0.455. The summed E-state index contributed by atoms with van der Waals surface area (Å²) < 4.78 is 11.0. The minimum absolute atomic E-state index is 0.193. The Balaban J connectivity index is 1.72. The smallest absolute Gasteiger partial charge is 0.227 e. The highest BCUT2D eigenvalue weighted by Gasteiger charge is 2.21. The molecule has 0 aliphatic heterocycles. The number of nitrogens with one attached hydrogen (secondary N) is 2. The van der Waals surface area contributed by atoms with E-state index in [1.807, 2.05) is 18.2 Å². The number of aromatic nitrogens is 4. The molecule has 0 saturated heterocycles. The van der Waals surface area contributed by atoms with Gasteiger partial charge in [-0.1, -0.05) is 23.7 Å². The fourth-order valence-corrected chi connectivity index (χ4v) is 3.08. The van der Waals surface area contributed by atoms with E-state index in [-0.39, 0.29) is 12.3 Å². The summed E-state index contributed by atoms with van der Waals surface area (Å²) in [5.74, 6) is 1.61. The zero-order valence-corrected chi connectivity index (χ0v) is 16.8. The van der Waals surface area contributed by atoms with E-state index in [0.29, 0.717) is 51.7 Å². The average Bonchev–Trinajstić information content (AvgIpc) is 3.43. The van der Waals surface area contributed by atoms with Crippen molar-refractivity contribution in [3.63, 3.8) is 0 Å². The SMILES string of the molecule is COCCC(=O)Nc1cc(-c2nc(-c3ncc[nH]3)c(-c3ccccc3Cl)o2)ccn1.